The molecule has 1 heterocycles. The van der Waals surface area contributed by atoms with Gasteiger partial charge in [-0.15, -0.1) is 11.6 Å². The lowest BCUT2D eigenvalue weighted by atomic mass is 10.1. The highest BCUT2D eigenvalue weighted by molar-refractivity contribution is 6.17. The second-order valence-corrected chi connectivity index (χ2v) is 4.06. The second-order valence-electron chi connectivity index (χ2n) is 3.79. The van der Waals surface area contributed by atoms with E-state index in [0.717, 1.165) is 23.4 Å². The van der Waals surface area contributed by atoms with Crippen LogP contribution >= 0.6 is 11.6 Å². The van der Waals surface area contributed by atoms with Crippen LogP contribution in [-0.2, 0) is 12.4 Å². The lowest BCUT2D eigenvalue weighted by molar-refractivity contribution is 0.575. The number of alkyl halides is 1. The van der Waals surface area contributed by atoms with E-state index < -0.39 is 11.6 Å². The Labute approximate surface area is 109 Å². The van der Waals surface area contributed by atoms with E-state index in [4.69, 9.17) is 11.6 Å². The van der Waals surface area contributed by atoms with Crippen molar-refractivity contribution in [2.75, 3.05) is 5.32 Å². The van der Waals surface area contributed by atoms with Crippen molar-refractivity contribution in [1.82, 2.24) is 4.98 Å². The monoisotopic (exact) mass is 268 g/mol. The normalized spacial score (nSPS) is 10.4. The lowest BCUT2D eigenvalue weighted by Gasteiger charge is -2.07. The van der Waals surface area contributed by atoms with Gasteiger partial charge in [-0.05, 0) is 11.1 Å². The number of hydrogen-bond donors (Lipinski definition) is 1. The number of nitrogens with zero attached hydrogens (tertiary/aromatic N) is 1. The van der Waals surface area contributed by atoms with E-state index in [1.165, 1.54) is 0 Å². The number of rotatable bonds is 4. The summed E-state index contributed by atoms with van der Waals surface area (Å²) in [5.74, 6) is -0.935. The van der Waals surface area contributed by atoms with Crippen molar-refractivity contribution in [3.8, 4) is 0 Å². The first kappa shape index (κ1) is 12.8. The van der Waals surface area contributed by atoms with Gasteiger partial charge in [0.2, 0.25) is 0 Å². The Bertz CT molecular complexity index is 546. The van der Waals surface area contributed by atoms with Gasteiger partial charge in [-0.25, -0.2) is 13.8 Å². The molecule has 0 aliphatic carbocycles. The standard InChI is InChI=1S/C13H11ClF2N2/c14-6-9-2-1-3-10(4-9)7-17-13-12(16)5-11(15)8-18-13/h1-5,8H,6-7H2,(H,17,18). The van der Waals surface area contributed by atoms with Crippen molar-refractivity contribution >= 4 is 17.4 Å². The summed E-state index contributed by atoms with van der Waals surface area (Å²) >= 11 is 5.72. The molecule has 5 heteroatoms. The van der Waals surface area contributed by atoms with Crippen LogP contribution in [0.15, 0.2) is 36.5 Å². The van der Waals surface area contributed by atoms with Gasteiger partial charge in [0.1, 0.15) is 5.82 Å². The summed E-state index contributed by atoms with van der Waals surface area (Å²) in [5, 5.41) is 2.81. The summed E-state index contributed by atoms with van der Waals surface area (Å²) < 4.78 is 26.0. The second kappa shape index (κ2) is 5.78. The number of hydrogen-bond acceptors (Lipinski definition) is 2. The topological polar surface area (TPSA) is 24.9 Å². The lowest BCUT2D eigenvalue weighted by Crippen LogP contribution is -2.04. The summed E-state index contributed by atoms with van der Waals surface area (Å²) in [6.07, 6.45) is 0.973. The summed E-state index contributed by atoms with van der Waals surface area (Å²) in [4.78, 5) is 3.65. The zero-order valence-electron chi connectivity index (χ0n) is 9.46. The molecule has 1 aromatic heterocycles. The fourth-order valence-corrected chi connectivity index (χ4v) is 1.72. The van der Waals surface area contributed by atoms with E-state index in [9.17, 15) is 8.78 Å². The van der Waals surface area contributed by atoms with E-state index in [0.29, 0.717) is 12.4 Å². The van der Waals surface area contributed by atoms with Gasteiger partial charge in [-0.3, -0.25) is 0 Å². The van der Waals surface area contributed by atoms with E-state index in [-0.39, 0.29) is 5.82 Å². The highest BCUT2D eigenvalue weighted by atomic mass is 35.5. The first-order valence-corrected chi connectivity index (χ1v) is 5.91. The Hall–Kier alpha value is -1.68. The van der Waals surface area contributed by atoms with Crippen LogP contribution in [0.2, 0.25) is 0 Å². The summed E-state index contributed by atoms with van der Waals surface area (Å²) in [6, 6.07) is 8.40. The Kier molecular flexibility index (Phi) is 4.10. The van der Waals surface area contributed by atoms with Crippen molar-refractivity contribution in [2.24, 2.45) is 0 Å². The van der Waals surface area contributed by atoms with Crippen molar-refractivity contribution in [3.05, 3.63) is 59.3 Å². The number of halogens is 3. The van der Waals surface area contributed by atoms with Crippen molar-refractivity contribution < 1.29 is 8.78 Å². The van der Waals surface area contributed by atoms with Gasteiger partial charge in [-0.2, -0.15) is 0 Å². The van der Waals surface area contributed by atoms with Crippen LogP contribution in [0.1, 0.15) is 11.1 Å². The van der Waals surface area contributed by atoms with Crippen LogP contribution in [0.5, 0.6) is 0 Å². The Morgan fingerprint density at radius 3 is 2.67 bits per heavy atom. The van der Waals surface area contributed by atoms with E-state index in [2.05, 4.69) is 10.3 Å². The largest absolute Gasteiger partial charge is 0.364 e. The minimum atomic E-state index is -0.705. The van der Waals surface area contributed by atoms with Crippen LogP contribution in [0.25, 0.3) is 0 Å². The molecular weight excluding hydrogens is 258 g/mol. The molecule has 2 rings (SSSR count). The maximum absolute atomic E-state index is 13.3. The Morgan fingerprint density at radius 2 is 1.94 bits per heavy atom. The minimum Gasteiger partial charge on any atom is -0.364 e. The average molecular weight is 269 g/mol. The third kappa shape index (κ3) is 3.17. The molecule has 0 atom stereocenters. The molecule has 2 nitrogen and oxygen atoms in total. The zero-order valence-corrected chi connectivity index (χ0v) is 10.2. The molecule has 1 aromatic carbocycles. The van der Waals surface area contributed by atoms with Crippen LogP contribution in [0, 0.1) is 11.6 Å². The zero-order chi connectivity index (χ0) is 13.0. The Morgan fingerprint density at radius 1 is 1.17 bits per heavy atom. The molecule has 18 heavy (non-hydrogen) atoms. The van der Waals surface area contributed by atoms with E-state index in [1.807, 2.05) is 24.3 Å². The molecule has 0 spiro atoms. The first-order valence-electron chi connectivity index (χ1n) is 5.38. The molecule has 0 saturated heterocycles. The number of aromatic nitrogens is 1. The van der Waals surface area contributed by atoms with Crippen LogP contribution in [0.3, 0.4) is 0 Å². The highest BCUT2D eigenvalue weighted by Crippen LogP contribution is 2.13. The van der Waals surface area contributed by atoms with Crippen molar-refractivity contribution in [2.45, 2.75) is 12.4 Å². The maximum Gasteiger partial charge on any atom is 0.168 e. The predicted octanol–water partition coefficient (Wildman–Crippen LogP) is 3.71. The summed E-state index contributed by atoms with van der Waals surface area (Å²) in [6.45, 7) is 0.403. The maximum atomic E-state index is 13.3. The molecule has 0 bridgehead atoms. The van der Waals surface area contributed by atoms with Gasteiger partial charge in [0.15, 0.2) is 11.6 Å². The SMILES string of the molecule is Fc1cnc(NCc2cccc(CCl)c2)c(F)c1. The fraction of sp³-hybridized carbons (Fsp3) is 0.154. The molecule has 94 valence electrons. The van der Waals surface area contributed by atoms with Crippen LogP contribution in [-0.4, -0.2) is 4.98 Å². The number of anilines is 1. The predicted molar refractivity (Wildman–Crippen MR) is 67.5 cm³/mol. The molecule has 0 amide bonds. The van der Waals surface area contributed by atoms with E-state index >= 15 is 0 Å². The summed E-state index contributed by atoms with van der Waals surface area (Å²) in [7, 11) is 0. The third-order valence-corrected chi connectivity index (χ3v) is 2.72. The third-order valence-electron chi connectivity index (χ3n) is 2.41. The molecule has 1 N–H and O–H groups in total. The number of pyridine rings is 1. The van der Waals surface area contributed by atoms with Crippen molar-refractivity contribution in [3.63, 3.8) is 0 Å². The molecule has 0 fully saturated rings. The van der Waals surface area contributed by atoms with Gasteiger partial charge in [-0.1, -0.05) is 24.3 Å². The van der Waals surface area contributed by atoms with Crippen LogP contribution in [0.4, 0.5) is 14.6 Å². The number of benzene rings is 1. The summed E-state index contributed by atoms with van der Waals surface area (Å²) in [5.41, 5.74) is 1.95. The molecule has 0 saturated carbocycles. The molecular formula is C13H11ClF2N2. The van der Waals surface area contributed by atoms with Gasteiger partial charge < -0.3 is 5.32 Å². The van der Waals surface area contributed by atoms with Crippen LogP contribution < -0.4 is 5.32 Å². The molecule has 0 aliphatic heterocycles. The number of nitrogens with one attached hydrogen (secondary N) is 1. The van der Waals surface area contributed by atoms with Crippen molar-refractivity contribution in [1.29, 1.82) is 0 Å². The molecule has 0 radical (unpaired) electrons. The minimum absolute atomic E-state index is 0.0349. The first-order chi connectivity index (χ1) is 8.69. The van der Waals surface area contributed by atoms with Gasteiger partial charge >= 0.3 is 0 Å². The average Bonchev–Trinajstić information content (AvgIpc) is 2.38. The van der Waals surface area contributed by atoms with E-state index in [1.54, 1.807) is 0 Å². The van der Waals surface area contributed by atoms with Gasteiger partial charge in [0.05, 0.1) is 6.20 Å². The smallest absolute Gasteiger partial charge is 0.168 e. The quantitative estimate of drug-likeness (QED) is 0.855. The highest BCUT2D eigenvalue weighted by Gasteiger charge is 2.04. The molecule has 0 unspecified atom stereocenters. The fourth-order valence-electron chi connectivity index (χ4n) is 1.55. The molecule has 0 aliphatic rings. The van der Waals surface area contributed by atoms with Gasteiger partial charge in [0, 0.05) is 18.5 Å². The Balaban J connectivity index is 2.06. The molecule has 2 aromatic rings. The van der Waals surface area contributed by atoms with Gasteiger partial charge in [0.25, 0.3) is 0 Å².